The monoisotopic (exact) mass is 402 g/mol. The van der Waals surface area contributed by atoms with Gasteiger partial charge >= 0.3 is 18.2 Å². The first kappa shape index (κ1) is 15.7. The van der Waals surface area contributed by atoms with E-state index in [1.165, 1.54) is 0 Å². The van der Waals surface area contributed by atoms with Crippen LogP contribution in [0.5, 0.6) is 5.75 Å². The molecule has 0 aliphatic rings. The summed E-state index contributed by atoms with van der Waals surface area (Å²) < 4.78 is 76.4. The van der Waals surface area contributed by atoms with Crippen LogP contribution in [-0.4, -0.2) is 16.3 Å². The summed E-state index contributed by atoms with van der Waals surface area (Å²) in [6.45, 7) is 0. The van der Waals surface area contributed by atoms with Crippen LogP contribution in [0.25, 0.3) is 0 Å². The Morgan fingerprint density at radius 2 is 1.79 bits per heavy atom. The van der Waals surface area contributed by atoms with Gasteiger partial charge in [-0.3, -0.25) is 10.1 Å². The van der Waals surface area contributed by atoms with Crippen molar-refractivity contribution in [2.45, 2.75) is 12.5 Å². The lowest BCUT2D eigenvalue weighted by atomic mass is 10.2. The van der Waals surface area contributed by atoms with Gasteiger partial charge in [-0.15, -0.1) is 13.2 Å². The lowest BCUT2D eigenvalue weighted by molar-refractivity contribution is -0.388. The zero-order chi connectivity index (χ0) is 15.0. The Balaban J connectivity index is 3.59. The van der Waals surface area contributed by atoms with Gasteiger partial charge in [0.25, 0.3) is 0 Å². The molecule has 0 N–H and O–H groups in total. The summed E-state index contributed by atoms with van der Waals surface area (Å²) in [7, 11) is 0. The normalized spacial score (nSPS) is 12.4. The molecule has 0 aliphatic carbocycles. The lowest BCUT2D eigenvalue weighted by Gasteiger charge is -2.15. The van der Waals surface area contributed by atoms with Gasteiger partial charge in [-0.25, -0.2) is 4.98 Å². The maximum atomic E-state index is 12.6. The highest BCUT2D eigenvalue weighted by Crippen LogP contribution is 2.44. The van der Waals surface area contributed by atoms with E-state index in [2.05, 4.69) is 9.72 Å². The van der Waals surface area contributed by atoms with Crippen molar-refractivity contribution < 1.29 is 36.0 Å². The smallest absolute Gasteiger partial charge is 0.402 e. The standard InChI is InChI=1S/C7HF6IN2O3/c8-6(9,10)3-2(16(17)18)1-15-5(14)4(3)19-7(11,12)13/h1H. The number of halogens is 7. The number of ether oxygens (including phenoxy) is 1. The maximum absolute atomic E-state index is 12.6. The fourth-order valence-electron chi connectivity index (χ4n) is 1.08. The highest BCUT2D eigenvalue weighted by atomic mass is 127. The Hall–Kier alpha value is -1.34. The van der Waals surface area contributed by atoms with Crippen LogP contribution in [-0.2, 0) is 6.18 Å². The number of nitrogens with zero attached hydrogens (tertiary/aromatic N) is 2. The van der Waals surface area contributed by atoms with Gasteiger partial charge in [-0.05, 0) is 22.6 Å². The molecule has 19 heavy (non-hydrogen) atoms. The van der Waals surface area contributed by atoms with Crippen molar-refractivity contribution in [2.75, 3.05) is 0 Å². The molecular weight excluding hydrogens is 401 g/mol. The molecule has 0 saturated heterocycles. The van der Waals surface area contributed by atoms with Crippen LogP contribution < -0.4 is 4.74 Å². The van der Waals surface area contributed by atoms with E-state index >= 15 is 0 Å². The molecule has 1 rings (SSSR count). The van der Waals surface area contributed by atoms with Gasteiger partial charge in [0.1, 0.15) is 9.90 Å². The molecule has 5 nitrogen and oxygen atoms in total. The van der Waals surface area contributed by atoms with Crippen molar-refractivity contribution in [1.82, 2.24) is 4.98 Å². The molecule has 0 aliphatic heterocycles. The number of aromatic nitrogens is 1. The van der Waals surface area contributed by atoms with E-state index in [0.29, 0.717) is 0 Å². The second-order valence-corrected chi connectivity index (χ2v) is 3.96. The SMILES string of the molecule is O=[N+]([O-])c1cnc(I)c(OC(F)(F)F)c1C(F)(F)F. The van der Waals surface area contributed by atoms with E-state index in [9.17, 15) is 36.5 Å². The van der Waals surface area contributed by atoms with Gasteiger partial charge in [0.15, 0.2) is 11.3 Å². The van der Waals surface area contributed by atoms with E-state index in [-0.39, 0.29) is 6.20 Å². The van der Waals surface area contributed by atoms with Crippen LogP contribution in [0.4, 0.5) is 32.0 Å². The first-order valence-corrected chi connectivity index (χ1v) is 5.17. The zero-order valence-corrected chi connectivity index (χ0v) is 10.5. The van der Waals surface area contributed by atoms with Crippen LogP contribution in [0.15, 0.2) is 6.20 Å². The highest BCUT2D eigenvalue weighted by molar-refractivity contribution is 14.1. The van der Waals surface area contributed by atoms with Crippen molar-refractivity contribution in [3.63, 3.8) is 0 Å². The van der Waals surface area contributed by atoms with Crippen LogP contribution in [0.2, 0.25) is 0 Å². The number of rotatable bonds is 2. The third-order valence-corrected chi connectivity index (χ3v) is 2.44. The molecule has 0 radical (unpaired) electrons. The third-order valence-electron chi connectivity index (χ3n) is 1.67. The molecule has 0 saturated carbocycles. The van der Waals surface area contributed by atoms with Gasteiger partial charge < -0.3 is 4.74 Å². The fraction of sp³-hybridized carbons (Fsp3) is 0.286. The van der Waals surface area contributed by atoms with Gasteiger partial charge in [0.2, 0.25) is 0 Å². The Kier molecular flexibility index (Phi) is 4.11. The summed E-state index contributed by atoms with van der Waals surface area (Å²) in [5.41, 5.74) is -3.75. The molecule has 12 heteroatoms. The van der Waals surface area contributed by atoms with E-state index < -0.39 is 38.2 Å². The van der Waals surface area contributed by atoms with E-state index in [4.69, 9.17) is 0 Å². The highest BCUT2D eigenvalue weighted by Gasteiger charge is 2.46. The minimum absolute atomic E-state index is 0.216. The zero-order valence-electron chi connectivity index (χ0n) is 8.34. The van der Waals surface area contributed by atoms with Crippen LogP contribution in [0.3, 0.4) is 0 Å². The molecule has 1 aromatic heterocycles. The summed E-state index contributed by atoms with van der Waals surface area (Å²) in [4.78, 5) is 12.0. The van der Waals surface area contributed by atoms with Crippen molar-refractivity contribution in [1.29, 1.82) is 0 Å². The molecule has 1 aromatic rings. The molecular formula is C7HF6IN2O3. The van der Waals surface area contributed by atoms with Crippen molar-refractivity contribution in [3.8, 4) is 5.75 Å². The maximum Gasteiger partial charge on any atom is 0.573 e. The van der Waals surface area contributed by atoms with Crippen molar-refractivity contribution in [2.24, 2.45) is 0 Å². The molecule has 0 unspecified atom stereocenters. The molecule has 0 atom stereocenters. The summed E-state index contributed by atoms with van der Waals surface area (Å²) in [5.74, 6) is -1.74. The number of hydrogen-bond acceptors (Lipinski definition) is 4. The van der Waals surface area contributed by atoms with Gasteiger partial charge in [0, 0.05) is 0 Å². The summed E-state index contributed by atoms with van der Waals surface area (Å²) in [6, 6.07) is 0. The number of hydrogen-bond donors (Lipinski definition) is 0. The van der Waals surface area contributed by atoms with E-state index in [1.807, 2.05) is 0 Å². The minimum Gasteiger partial charge on any atom is -0.402 e. The van der Waals surface area contributed by atoms with Gasteiger partial charge in [-0.1, -0.05) is 0 Å². The predicted molar refractivity (Wildman–Crippen MR) is 55.3 cm³/mol. The minimum atomic E-state index is -5.43. The average Bonchev–Trinajstić information content (AvgIpc) is 2.16. The second-order valence-electron chi connectivity index (χ2n) is 2.94. The average molecular weight is 402 g/mol. The topological polar surface area (TPSA) is 65.3 Å². The van der Waals surface area contributed by atoms with Crippen LogP contribution in [0, 0.1) is 13.8 Å². The largest absolute Gasteiger partial charge is 0.573 e. The summed E-state index contributed by atoms with van der Waals surface area (Å²) in [5, 5.41) is 10.4. The van der Waals surface area contributed by atoms with Gasteiger partial charge in [-0.2, -0.15) is 13.2 Å². The van der Waals surface area contributed by atoms with Gasteiger partial charge in [0.05, 0.1) is 4.92 Å². The molecule has 0 fully saturated rings. The second kappa shape index (κ2) is 4.97. The quantitative estimate of drug-likeness (QED) is 0.250. The van der Waals surface area contributed by atoms with E-state index in [0.717, 1.165) is 22.6 Å². The number of pyridine rings is 1. The van der Waals surface area contributed by atoms with Crippen LogP contribution in [0.1, 0.15) is 5.56 Å². The Labute approximate surface area is 113 Å². The molecule has 0 amide bonds. The Bertz CT molecular complexity index is 515. The molecule has 106 valence electrons. The third kappa shape index (κ3) is 3.81. The lowest BCUT2D eigenvalue weighted by Crippen LogP contribution is -2.22. The summed E-state index contributed by atoms with van der Waals surface area (Å²) >= 11 is 1.05. The Morgan fingerprint density at radius 1 is 1.26 bits per heavy atom. The molecule has 0 bridgehead atoms. The first-order valence-electron chi connectivity index (χ1n) is 4.09. The number of nitro groups is 1. The number of alkyl halides is 6. The Morgan fingerprint density at radius 3 is 2.16 bits per heavy atom. The predicted octanol–water partition coefficient (Wildman–Crippen LogP) is 3.51. The molecule has 0 spiro atoms. The molecule has 0 aromatic carbocycles. The fourth-order valence-corrected chi connectivity index (χ4v) is 1.60. The van der Waals surface area contributed by atoms with Crippen LogP contribution >= 0.6 is 22.6 Å². The summed E-state index contributed by atoms with van der Waals surface area (Å²) in [6.07, 6.45) is -10.6. The first-order chi connectivity index (χ1) is 8.43. The van der Waals surface area contributed by atoms with Crippen molar-refractivity contribution >= 4 is 28.3 Å². The van der Waals surface area contributed by atoms with E-state index in [1.54, 1.807) is 0 Å². The molecule has 1 heterocycles. The van der Waals surface area contributed by atoms with Crippen molar-refractivity contribution in [3.05, 3.63) is 25.6 Å².